The van der Waals surface area contributed by atoms with Crippen LogP contribution in [0.1, 0.15) is 32.8 Å². The molecule has 1 heterocycles. The smallest absolute Gasteiger partial charge is 0.0967 e. The van der Waals surface area contributed by atoms with Gasteiger partial charge in [-0.25, -0.2) is 0 Å². The first-order valence-corrected chi connectivity index (χ1v) is 6.19. The molecule has 1 atom stereocenters. The van der Waals surface area contributed by atoms with Crippen molar-refractivity contribution in [2.24, 2.45) is 5.41 Å². The van der Waals surface area contributed by atoms with Crippen LogP contribution in [0, 0.1) is 5.41 Å². The second-order valence-electron chi connectivity index (χ2n) is 5.66. The van der Waals surface area contributed by atoms with Crippen molar-refractivity contribution >= 4 is 11.6 Å². The van der Waals surface area contributed by atoms with Crippen molar-refractivity contribution in [1.82, 2.24) is 0 Å². The number of hydrogen-bond donors (Lipinski definition) is 0. The minimum Gasteiger partial charge on any atom is -0.369 e. The highest BCUT2D eigenvalue weighted by molar-refractivity contribution is 6.30. The predicted molar refractivity (Wildman–Crippen MR) is 67.9 cm³/mol. The van der Waals surface area contributed by atoms with Gasteiger partial charge in [-0.1, -0.05) is 44.5 Å². The van der Waals surface area contributed by atoms with E-state index in [-0.39, 0.29) is 11.0 Å². The zero-order chi connectivity index (χ0) is 11.8. The maximum absolute atomic E-state index is 5.86. The zero-order valence-electron chi connectivity index (χ0n) is 10.2. The number of aryl methyl sites for hydroxylation is 1. The molecule has 1 aliphatic heterocycles. The first-order valence-electron chi connectivity index (χ1n) is 5.81. The molecule has 1 aromatic carbocycles. The molecule has 0 N–H and O–H groups in total. The monoisotopic (exact) mass is 238 g/mol. The Hall–Kier alpha value is -0.530. The maximum Gasteiger partial charge on any atom is 0.0967 e. The number of epoxide rings is 1. The van der Waals surface area contributed by atoms with Gasteiger partial charge in [0.25, 0.3) is 0 Å². The van der Waals surface area contributed by atoms with Gasteiger partial charge < -0.3 is 4.74 Å². The normalized spacial score (nSPS) is 24.5. The van der Waals surface area contributed by atoms with E-state index in [1.54, 1.807) is 0 Å². The highest BCUT2D eigenvalue weighted by atomic mass is 35.5. The second-order valence-corrected chi connectivity index (χ2v) is 6.10. The van der Waals surface area contributed by atoms with Crippen LogP contribution < -0.4 is 0 Å². The summed E-state index contributed by atoms with van der Waals surface area (Å²) in [7, 11) is 0. The van der Waals surface area contributed by atoms with Crippen LogP contribution in [0.4, 0.5) is 0 Å². The molecule has 0 spiro atoms. The summed E-state index contributed by atoms with van der Waals surface area (Å²) < 4.78 is 5.68. The number of rotatable bonds is 3. The fourth-order valence-electron chi connectivity index (χ4n) is 2.04. The summed E-state index contributed by atoms with van der Waals surface area (Å²) in [6.07, 6.45) is 2.16. The lowest BCUT2D eigenvalue weighted by Gasteiger charge is -2.27. The Morgan fingerprint density at radius 2 is 1.81 bits per heavy atom. The van der Waals surface area contributed by atoms with E-state index in [1.165, 1.54) is 5.56 Å². The average molecular weight is 239 g/mol. The predicted octanol–water partition coefficient (Wildman–Crippen LogP) is 4.09. The van der Waals surface area contributed by atoms with Crippen molar-refractivity contribution in [3.8, 4) is 0 Å². The van der Waals surface area contributed by atoms with Crippen LogP contribution in [0.25, 0.3) is 0 Å². The van der Waals surface area contributed by atoms with E-state index in [4.69, 9.17) is 16.3 Å². The summed E-state index contributed by atoms with van der Waals surface area (Å²) >= 11 is 5.86. The van der Waals surface area contributed by atoms with Crippen LogP contribution in [0.2, 0.25) is 5.02 Å². The van der Waals surface area contributed by atoms with Gasteiger partial charge in [-0.05, 0) is 36.0 Å². The highest BCUT2D eigenvalue weighted by Gasteiger charge is 2.53. The molecule has 88 valence electrons. The Morgan fingerprint density at radius 3 is 2.25 bits per heavy atom. The van der Waals surface area contributed by atoms with E-state index in [2.05, 4.69) is 32.9 Å². The van der Waals surface area contributed by atoms with Crippen LogP contribution in [0.15, 0.2) is 24.3 Å². The summed E-state index contributed by atoms with van der Waals surface area (Å²) in [5.41, 5.74) is 1.68. The Balaban J connectivity index is 1.96. The van der Waals surface area contributed by atoms with Crippen LogP contribution in [-0.4, -0.2) is 12.2 Å². The SMILES string of the molecule is CC(C)(C)C1(CCc2ccc(Cl)cc2)CO1. The number of halogens is 1. The molecule has 16 heavy (non-hydrogen) atoms. The highest BCUT2D eigenvalue weighted by Crippen LogP contribution is 2.47. The molecular formula is C14H19ClO. The summed E-state index contributed by atoms with van der Waals surface area (Å²) in [5.74, 6) is 0. The lowest BCUT2D eigenvalue weighted by molar-refractivity contribution is 0.145. The molecule has 0 bridgehead atoms. The average Bonchev–Trinajstić information content (AvgIpc) is 2.97. The van der Waals surface area contributed by atoms with Gasteiger partial charge in [0.15, 0.2) is 0 Å². The molecule has 2 rings (SSSR count). The Labute approximate surface area is 103 Å². The maximum atomic E-state index is 5.86. The van der Waals surface area contributed by atoms with Crippen LogP contribution >= 0.6 is 11.6 Å². The third-order valence-corrected chi connectivity index (χ3v) is 3.84. The molecule has 1 fully saturated rings. The second kappa shape index (κ2) is 4.05. The minimum absolute atomic E-state index is 0.104. The summed E-state index contributed by atoms with van der Waals surface area (Å²) in [4.78, 5) is 0. The molecule has 0 amide bonds. The van der Waals surface area contributed by atoms with E-state index in [0.29, 0.717) is 0 Å². The van der Waals surface area contributed by atoms with Gasteiger partial charge in [0.05, 0.1) is 12.2 Å². The lowest BCUT2D eigenvalue weighted by atomic mass is 9.77. The van der Waals surface area contributed by atoms with Crippen molar-refractivity contribution in [2.45, 2.75) is 39.2 Å². The molecule has 0 saturated carbocycles. The molecule has 0 radical (unpaired) electrons. The summed E-state index contributed by atoms with van der Waals surface area (Å²) in [5, 5.41) is 0.803. The third kappa shape index (κ3) is 2.41. The number of ether oxygens (including phenoxy) is 1. The van der Waals surface area contributed by atoms with Gasteiger partial charge >= 0.3 is 0 Å². The van der Waals surface area contributed by atoms with Crippen molar-refractivity contribution in [1.29, 1.82) is 0 Å². The van der Waals surface area contributed by atoms with E-state index >= 15 is 0 Å². The van der Waals surface area contributed by atoms with Crippen molar-refractivity contribution < 1.29 is 4.74 Å². The van der Waals surface area contributed by atoms with E-state index < -0.39 is 0 Å². The molecule has 2 heteroatoms. The van der Waals surface area contributed by atoms with Crippen LogP contribution in [-0.2, 0) is 11.2 Å². The van der Waals surface area contributed by atoms with Gasteiger partial charge in [0, 0.05) is 5.02 Å². The molecule has 1 saturated heterocycles. The summed E-state index contributed by atoms with van der Waals surface area (Å²) in [6.45, 7) is 7.66. The van der Waals surface area contributed by atoms with Gasteiger partial charge in [0.2, 0.25) is 0 Å². The fraction of sp³-hybridized carbons (Fsp3) is 0.571. The van der Waals surface area contributed by atoms with E-state index in [1.807, 2.05) is 12.1 Å². The molecular weight excluding hydrogens is 220 g/mol. The third-order valence-electron chi connectivity index (χ3n) is 3.59. The quantitative estimate of drug-likeness (QED) is 0.723. The Kier molecular flexibility index (Phi) is 3.02. The van der Waals surface area contributed by atoms with Crippen molar-refractivity contribution in [3.63, 3.8) is 0 Å². The topological polar surface area (TPSA) is 12.5 Å². The number of benzene rings is 1. The van der Waals surface area contributed by atoms with Crippen LogP contribution in [0.3, 0.4) is 0 Å². The molecule has 1 aromatic rings. The van der Waals surface area contributed by atoms with E-state index in [0.717, 1.165) is 24.5 Å². The first kappa shape index (κ1) is 11.9. The van der Waals surface area contributed by atoms with Gasteiger partial charge in [-0.3, -0.25) is 0 Å². The summed E-state index contributed by atoms with van der Waals surface area (Å²) in [6, 6.07) is 8.10. The molecule has 0 aromatic heterocycles. The fourth-order valence-corrected chi connectivity index (χ4v) is 2.16. The molecule has 1 aliphatic rings. The Bertz CT molecular complexity index is 357. The molecule has 0 aliphatic carbocycles. The number of hydrogen-bond acceptors (Lipinski definition) is 1. The van der Waals surface area contributed by atoms with E-state index in [9.17, 15) is 0 Å². The van der Waals surface area contributed by atoms with Crippen LogP contribution in [0.5, 0.6) is 0 Å². The van der Waals surface area contributed by atoms with Crippen molar-refractivity contribution in [2.75, 3.05) is 6.61 Å². The van der Waals surface area contributed by atoms with Gasteiger partial charge in [0.1, 0.15) is 0 Å². The Morgan fingerprint density at radius 1 is 1.25 bits per heavy atom. The lowest BCUT2D eigenvalue weighted by Crippen LogP contribution is -2.30. The first-order chi connectivity index (χ1) is 7.43. The van der Waals surface area contributed by atoms with Crippen molar-refractivity contribution in [3.05, 3.63) is 34.9 Å². The minimum atomic E-state index is 0.104. The zero-order valence-corrected chi connectivity index (χ0v) is 11.0. The molecule has 1 unspecified atom stereocenters. The largest absolute Gasteiger partial charge is 0.369 e. The molecule has 1 nitrogen and oxygen atoms in total. The standard InChI is InChI=1S/C14H19ClO/c1-13(2,3)14(10-16-14)9-8-11-4-6-12(15)7-5-11/h4-7H,8-10H2,1-3H3. The van der Waals surface area contributed by atoms with Gasteiger partial charge in [-0.15, -0.1) is 0 Å². The van der Waals surface area contributed by atoms with Gasteiger partial charge in [-0.2, -0.15) is 0 Å².